The monoisotopic (exact) mass is 250 g/mol. The van der Waals surface area contributed by atoms with Gasteiger partial charge in [-0.05, 0) is 25.7 Å². The van der Waals surface area contributed by atoms with Gasteiger partial charge in [-0.2, -0.15) is 0 Å². The first-order valence-corrected chi connectivity index (χ1v) is 5.64. The maximum Gasteiger partial charge on any atom is 0.320 e. The van der Waals surface area contributed by atoms with Crippen LogP contribution in [0.1, 0.15) is 32.6 Å². The molecule has 0 aromatic heterocycles. The number of aliphatic carboxylic acids is 1. The van der Waals surface area contributed by atoms with Crippen molar-refractivity contribution in [1.82, 2.24) is 0 Å². The molecule has 0 aromatic carbocycles. The molecule has 1 saturated carbocycles. The van der Waals surface area contributed by atoms with Crippen LogP contribution in [0.2, 0.25) is 0 Å². The highest BCUT2D eigenvalue weighted by Gasteiger charge is 2.43. The van der Waals surface area contributed by atoms with Crippen molar-refractivity contribution in [2.45, 2.75) is 38.5 Å². The molecule has 0 amide bonds. The van der Waals surface area contributed by atoms with Gasteiger partial charge in [0, 0.05) is 12.8 Å². The summed E-state index contributed by atoms with van der Waals surface area (Å²) in [6.45, 7) is 1.66. The Morgan fingerprint density at radius 3 is 2.35 bits per heavy atom. The van der Waals surface area contributed by atoms with Crippen molar-refractivity contribution in [2.24, 2.45) is 11.8 Å². The number of esters is 1. The zero-order chi connectivity index (χ0) is 13.1. The summed E-state index contributed by atoms with van der Waals surface area (Å²) < 4.78 is 30.5. The van der Waals surface area contributed by atoms with Gasteiger partial charge in [0.05, 0.1) is 6.61 Å². The first kappa shape index (κ1) is 13.9. The van der Waals surface area contributed by atoms with E-state index in [0.29, 0.717) is 0 Å². The van der Waals surface area contributed by atoms with Gasteiger partial charge in [0.25, 0.3) is 0 Å². The first-order valence-electron chi connectivity index (χ1n) is 5.64. The van der Waals surface area contributed by atoms with Gasteiger partial charge in [0.1, 0.15) is 0 Å². The molecule has 1 aliphatic carbocycles. The average molecular weight is 250 g/mol. The molecular formula is C11H16F2O4. The minimum Gasteiger partial charge on any atom is -0.481 e. The second-order valence-electron chi connectivity index (χ2n) is 4.26. The van der Waals surface area contributed by atoms with Crippen LogP contribution in [0.5, 0.6) is 0 Å². The summed E-state index contributed by atoms with van der Waals surface area (Å²) in [5, 5.41) is 8.96. The normalized spacial score (nSPS) is 21.8. The van der Waals surface area contributed by atoms with Crippen LogP contribution in [-0.4, -0.2) is 29.6 Å². The van der Waals surface area contributed by atoms with Gasteiger partial charge < -0.3 is 9.84 Å². The molecular weight excluding hydrogens is 234 g/mol. The predicted octanol–water partition coefficient (Wildman–Crippen LogP) is 2.08. The smallest absolute Gasteiger partial charge is 0.320 e. The third-order valence-electron chi connectivity index (χ3n) is 3.04. The van der Waals surface area contributed by atoms with Crippen molar-refractivity contribution in [2.75, 3.05) is 6.61 Å². The van der Waals surface area contributed by atoms with E-state index in [1.165, 1.54) is 0 Å². The number of hydrogen-bond donors (Lipinski definition) is 1. The number of carbonyl (C=O) groups excluding carboxylic acids is 1. The van der Waals surface area contributed by atoms with E-state index in [-0.39, 0.29) is 32.3 Å². The van der Waals surface area contributed by atoms with Gasteiger partial charge in [-0.25, -0.2) is 8.78 Å². The van der Waals surface area contributed by atoms with E-state index >= 15 is 0 Å². The van der Waals surface area contributed by atoms with Crippen molar-refractivity contribution >= 4 is 11.9 Å². The highest BCUT2D eigenvalue weighted by Crippen LogP contribution is 2.39. The molecule has 1 fully saturated rings. The molecule has 4 nitrogen and oxygen atoms in total. The molecule has 0 radical (unpaired) electrons. The summed E-state index contributed by atoms with van der Waals surface area (Å²) in [6, 6.07) is 0. The second kappa shape index (κ2) is 5.42. The fraction of sp³-hybridized carbons (Fsp3) is 0.818. The van der Waals surface area contributed by atoms with Gasteiger partial charge in [0.2, 0.25) is 5.92 Å². The van der Waals surface area contributed by atoms with Crippen molar-refractivity contribution in [3.05, 3.63) is 0 Å². The lowest BCUT2D eigenvalue weighted by atomic mass is 9.78. The highest BCUT2D eigenvalue weighted by atomic mass is 19.3. The molecule has 0 heterocycles. The number of halogens is 2. The van der Waals surface area contributed by atoms with Crippen molar-refractivity contribution in [3.8, 4) is 0 Å². The zero-order valence-corrected chi connectivity index (χ0v) is 9.62. The molecule has 0 spiro atoms. The largest absolute Gasteiger partial charge is 0.481 e. The minimum absolute atomic E-state index is 0.0444. The van der Waals surface area contributed by atoms with E-state index in [1.807, 2.05) is 0 Å². The van der Waals surface area contributed by atoms with Gasteiger partial charge in [-0.15, -0.1) is 0 Å². The molecule has 0 saturated heterocycles. The van der Waals surface area contributed by atoms with Crippen molar-refractivity contribution in [1.29, 1.82) is 0 Å². The maximum atomic E-state index is 12.9. The van der Waals surface area contributed by atoms with Crippen molar-refractivity contribution < 1.29 is 28.2 Å². The molecule has 1 N–H and O–H groups in total. The number of carbonyl (C=O) groups is 2. The summed E-state index contributed by atoms with van der Waals surface area (Å²) in [5.41, 5.74) is 0. The first-order chi connectivity index (χ1) is 7.87. The standard InChI is InChI=1S/C11H16F2O4/c1-2-17-10(16)8(9(14)15)7-3-5-11(12,13)6-4-7/h7-8H,2-6H2,1H3,(H,14,15). The van der Waals surface area contributed by atoms with Crippen LogP contribution >= 0.6 is 0 Å². The molecule has 98 valence electrons. The zero-order valence-electron chi connectivity index (χ0n) is 9.62. The molecule has 0 bridgehead atoms. The summed E-state index contributed by atoms with van der Waals surface area (Å²) in [7, 11) is 0. The molecule has 1 aliphatic rings. The van der Waals surface area contributed by atoms with Crippen molar-refractivity contribution in [3.63, 3.8) is 0 Å². The number of alkyl halides is 2. The SMILES string of the molecule is CCOC(=O)C(C(=O)O)C1CCC(F)(F)CC1. The molecule has 0 aromatic rings. The Labute approximate surface area is 97.9 Å². The molecule has 6 heteroatoms. The fourth-order valence-electron chi connectivity index (χ4n) is 2.12. The van der Waals surface area contributed by atoms with Crippen LogP contribution < -0.4 is 0 Å². The molecule has 17 heavy (non-hydrogen) atoms. The maximum absolute atomic E-state index is 12.9. The molecule has 1 unspecified atom stereocenters. The van der Waals surface area contributed by atoms with Crippen LogP contribution in [-0.2, 0) is 14.3 Å². The fourth-order valence-corrected chi connectivity index (χ4v) is 2.12. The van der Waals surface area contributed by atoms with Crippen LogP contribution in [0.25, 0.3) is 0 Å². The molecule has 1 atom stereocenters. The third kappa shape index (κ3) is 3.64. The highest BCUT2D eigenvalue weighted by molar-refractivity contribution is 5.94. The summed E-state index contributed by atoms with van der Waals surface area (Å²) in [6.07, 6.45) is -0.632. The quantitative estimate of drug-likeness (QED) is 0.613. The van der Waals surface area contributed by atoms with Crippen LogP contribution in [0.3, 0.4) is 0 Å². The minimum atomic E-state index is -2.73. The van der Waals surface area contributed by atoms with Gasteiger partial charge in [-0.1, -0.05) is 0 Å². The third-order valence-corrected chi connectivity index (χ3v) is 3.04. The van der Waals surface area contributed by atoms with Gasteiger partial charge >= 0.3 is 11.9 Å². The van der Waals surface area contributed by atoms with Gasteiger partial charge in [0.15, 0.2) is 5.92 Å². The Balaban J connectivity index is 2.67. The van der Waals surface area contributed by atoms with Crippen LogP contribution in [0.15, 0.2) is 0 Å². The lowest BCUT2D eigenvalue weighted by Crippen LogP contribution is -2.37. The number of carboxylic acids is 1. The average Bonchev–Trinajstić information content (AvgIpc) is 2.21. The van der Waals surface area contributed by atoms with E-state index in [4.69, 9.17) is 5.11 Å². The number of rotatable bonds is 4. The van der Waals surface area contributed by atoms with E-state index in [0.717, 1.165) is 0 Å². The summed E-state index contributed by atoms with van der Waals surface area (Å²) in [5.74, 6) is -6.71. The summed E-state index contributed by atoms with van der Waals surface area (Å²) >= 11 is 0. The van der Waals surface area contributed by atoms with E-state index in [1.54, 1.807) is 6.92 Å². The topological polar surface area (TPSA) is 63.6 Å². The Hall–Kier alpha value is -1.20. The van der Waals surface area contributed by atoms with E-state index in [2.05, 4.69) is 4.74 Å². The number of carboxylic acid groups (broad SMARTS) is 1. The molecule has 1 rings (SSSR count). The van der Waals surface area contributed by atoms with Crippen LogP contribution in [0, 0.1) is 11.8 Å². The van der Waals surface area contributed by atoms with E-state index < -0.39 is 29.7 Å². The van der Waals surface area contributed by atoms with Crippen LogP contribution in [0.4, 0.5) is 8.78 Å². The lowest BCUT2D eigenvalue weighted by Gasteiger charge is -2.30. The van der Waals surface area contributed by atoms with Gasteiger partial charge in [-0.3, -0.25) is 9.59 Å². The molecule has 0 aliphatic heterocycles. The number of hydrogen-bond acceptors (Lipinski definition) is 3. The Kier molecular flexibility index (Phi) is 4.42. The van der Waals surface area contributed by atoms with E-state index in [9.17, 15) is 18.4 Å². The Morgan fingerprint density at radius 2 is 1.94 bits per heavy atom. The lowest BCUT2D eigenvalue weighted by molar-refractivity contribution is -0.163. The second-order valence-corrected chi connectivity index (χ2v) is 4.26. The summed E-state index contributed by atoms with van der Waals surface area (Å²) in [4.78, 5) is 22.4. The number of ether oxygens (including phenoxy) is 1. The predicted molar refractivity (Wildman–Crippen MR) is 54.7 cm³/mol. The Morgan fingerprint density at radius 1 is 1.41 bits per heavy atom. The Bertz CT molecular complexity index is 294.